The Balaban J connectivity index is 2.05. The average molecular weight is 542 g/mol. The topological polar surface area (TPSA) is 96.0 Å². The number of nitrogens with one attached hydrogen (secondary N) is 1. The van der Waals surface area contributed by atoms with Crippen LogP contribution >= 0.6 is 0 Å². The van der Waals surface area contributed by atoms with E-state index in [1.165, 1.54) is 48.4 Å². The van der Waals surface area contributed by atoms with Crippen LogP contribution in [-0.2, 0) is 26.2 Å². The van der Waals surface area contributed by atoms with E-state index >= 15 is 0 Å². The molecule has 0 unspecified atom stereocenters. The third-order valence-electron chi connectivity index (χ3n) is 5.83. The van der Waals surface area contributed by atoms with Crippen molar-refractivity contribution in [2.24, 2.45) is 0 Å². The van der Waals surface area contributed by atoms with Crippen LogP contribution in [0.3, 0.4) is 0 Å². The molecule has 202 valence electrons. The zero-order chi connectivity index (χ0) is 27.9. The van der Waals surface area contributed by atoms with Crippen LogP contribution in [0.25, 0.3) is 0 Å². The lowest BCUT2D eigenvalue weighted by atomic mass is 10.1. The number of para-hydroxylation sites is 2. The van der Waals surface area contributed by atoms with Crippen molar-refractivity contribution in [2.45, 2.75) is 44.3 Å². The van der Waals surface area contributed by atoms with E-state index in [1.807, 2.05) is 0 Å². The van der Waals surface area contributed by atoms with Crippen LogP contribution in [-0.4, -0.2) is 50.9 Å². The maximum atomic E-state index is 13.8. The van der Waals surface area contributed by atoms with Crippen molar-refractivity contribution in [3.63, 3.8) is 0 Å². The van der Waals surface area contributed by atoms with Gasteiger partial charge in [-0.15, -0.1) is 0 Å². The molecule has 1 N–H and O–H groups in total. The lowest BCUT2D eigenvalue weighted by Gasteiger charge is -2.32. The molecular weight excluding hydrogens is 509 g/mol. The van der Waals surface area contributed by atoms with Gasteiger partial charge in [0, 0.05) is 12.6 Å². The number of carbonyl (C=O) groups is 2. The number of benzene rings is 3. The molecule has 3 aromatic rings. The number of rotatable bonds is 11. The lowest BCUT2D eigenvalue weighted by Crippen LogP contribution is -2.52. The molecule has 3 aromatic carbocycles. The first kappa shape index (κ1) is 28.6. The highest BCUT2D eigenvalue weighted by Gasteiger charge is 2.33. The number of hydrogen-bond acceptors (Lipinski definition) is 5. The van der Waals surface area contributed by atoms with Crippen LogP contribution in [0.4, 0.5) is 10.1 Å². The Kier molecular flexibility index (Phi) is 9.46. The van der Waals surface area contributed by atoms with Crippen molar-refractivity contribution in [2.75, 3.05) is 18.0 Å². The monoisotopic (exact) mass is 541 g/mol. The Morgan fingerprint density at radius 2 is 1.53 bits per heavy atom. The zero-order valence-electron chi connectivity index (χ0n) is 21.8. The zero-order valence-corrected chi connectivity index (χ0v) is 22.6. The minimum atomic E-state index is -4.20. The Morgan fingerprint density at radius 1 is 0.921 bits per heavy atom. The molecule has 0 aliphatic carbocycles. The molecule has 0 radical (unpaired) electrons. The molecule has 0 saturated carbocycles. The number of carbonyl (C=O) groups excluding carboxylic acids is 2. The van der Waals surface area contributed by atoms with E-state index in [-0.39, 0.29) is 28.9 Å². The van der Waals surface area contributed by atoms with Gasteiger partial charge in [0.15, 0.2) is 0 Å². The largest absolute Gasteiger partial charge is 0.495 e. The Bertz CT molecular complexity index is 1350. The molecule has 0 saturated heterocycles. The maximum Gasteiger partial charge on any atom is 0.264 e. The standard InChI is InChI=1S/C28H32FN3O5S/c1-20(2)30-28(34)21(3)31(18-22-14-16-23(29)17-15-22)27(33)19-32(25-12-8-9-13-26(25)37-4)38(35,36)24-10-6-5-7-11-24/h5-17,20-21H,18-19H2,1-4H3,(H,30,34)/t21-/m0/s1. The summed E-state index contributed by atoms with van der Waals surface area (Å²) >= 11 is 0. The molecule has 38 heavy (non-hydrogen) atoms. The van der Waals surface area contributed by atoms with Crippen LogP contribution in [0.5, 0.6) is 5.75 Å². The SMILES string of the molecule is COc1ccccc1N(CC(=O)N(Cc1ccc(F)cc1)[C@@H](C)C(=O)NC(C)C)S(=O)(=O)c1ccccc1. The molecule has 0 spiro atoms. The number of hydrogen-bond donors (Lipinski definition) is 1. The summed E-state index contributed by atoms with van der Waals surface area (Å²) in [6, 6.07) is 18.7. The summed E-state index contributed by atoms with van der Waals surface area (Å²) in [4.78, 5) is 28.0. The van der Waals surface area contributed by atoms with Crippen molar-refractivity contribution in [1.82, 2.24) is 10.2 Å². The van der Waals surface area contributed by atoms with Gasteiger partial charge in [-0.2, -0.15) is 0 Å². The van der Waals surface area contributed by atoms with Crippen molar-refractivity contribution >= 4 is 27.5 Å². The van der Waals surface area contributed by atoms with Crippen LogP contribution in [0.2, 0.25) is 0 Å². The Morgan fingerprint density at radius 3 is 2.13 bits per heavy atom. The van der Waals surface area contributed by atoms with Crippen LogP contribution < -0.4 is 14.4 Å². The Hall–Kier alpha value is -3.92. The third-order valence-corrected chi connectivity index (χ3v) is 7.60. The summed E-state index contributed by atoms with van der Waals surface area (Å²) < 4.78 is 47.5. The molecule has 8 nitrogen and oxygen atoms in total. The number of methoxy groups -OCH3 is 1. The van der Waals surface area contributed by atoms with E-state index < -0.39 is 40.2 Å². The first-order chi connectivity index (χ1) is 18.0. The third kappa shape index (κ3) is 6.89. The first-order valence-electron chi connectivity index (χ1n) is 12.1. The van der Waals surface area contributed by atoms with Crippen LogP contribution in [0.15, 0.2) is 83.8 Å². The molecule has 10 heteroatoms. The van der Waals surface area contributed by atoms with Crippen molar-refractivity contribution in [3.8, 4) is 5.75 Å². The highest BCUT2D eigenvalue weighted by atomic mass is 32.2. The fraction of sp³-hybridized carbons (Fsp3) is 0.286. The smallest absolute Gasteiger partial charge is 0.264 e. The van der Waals surface area contributed by atoms with E-state index in [2.05, 4.69) is 5.32 Å². The van der Waals surface area contributed by atoms with Crippen molar-refractivity contribution in [1.29, 1.82) is 0 Å². The van der Waals surface area contributed by atoms with Crippen LogP contribution in [0, 0.1) is 5.82 Å². The molecule has 0 bridgehead atoms. The van der Waals surface area contributed by atoms with E-state index in [0.29, 0.717) is 5.56 Å². The second kappa shape index (κ2) is 12.6. The normalized spacial score (nSPS) is 12.1. The molecule has 1 atom stereocenters. The summed E-state index contributed by atoms with van der Waals surface area (Å²) in [7, 11) is -2.79. The maximum absolute atomic E-state index is 13.8. The minimum absolute atomic E-state index is 0.00519. The number of ether oxygens (including phenoxy) is 1. The molecule has 0 aliphatic rings. The van der Waals surface area contributed by atoms with Gasteiger partial charge in [-0.1, -0.05) is 42.5 Å². The number of nitrogens with zero attached hydrogens (tertiary/aromatic N) is 2. The number of anilines is 1. The molecule has 0 aromatic heterocycles. The number of amides is 2. The van der Waals surface area contributed by atoms with E-state index in [0.717, 1.165) is 4.31 Å². The van der Waals surface area contributed by atoms with Gasteiger partial charge < -0.3 is 15.0 Å². The summed E-state index contributed by atoms with van der Waals surface area (Å²) in [5.74, 6) is -1.19. The predicted octanol–water partition coefficient (Wildman–Crippen LogP) is 3.97. The van der Waals surface area contributed by atoms with Crippen molar-refractivity contribution < 1.29 is 27.1 Å². The molecule has 0 fully saturated rings. The second-order valence-corrected chi connectivity index (χ2v) is 10.8. The fourth-order valence-corrected chi connectivity index (χ4v) is 5.29. The second-order valence-electron chi connectivity index (χ2n) is 8.98. The highest BCUT2D eigenvalue weighted by Crippen LogP contribution is 2.32. The van der Waals surface area contributed by atoms with Crippen molar-refractivity contribution in [3.05, 3.63) is 90.2 Å². The lowest BCUT2D eigenvalue weighted by molar-refractivity contribution is -0.139. The number of halogens is 1. The van der Waals surface area contributed by atoms with Gasteiger partial charge in [-0.3, -0.25) is 13.9 Å². The van der Waals surface area contributed by atoms with Gasteiger partial charge >= 0.3 is 0 Å². The van der Waals surface area contributed by atoms with Gasteiger partial charge in [0.05, 0.1) is 17.7 Å². The molecule has 0 aliphatic heterocycles. The fourth-order valence-electron chi connectivity index (χ4n) is 3.84. The molecule has 2 amide bonds. The predicted molar refractivity (Wildman–Crippen MR) is 144 cm³/mol. The molecule has 0 heterocycles. The van der Waals surface area contributed by atoms with Crippen LogP contribution in [0.1, 0.15) is 26.3 Å². The quantitative estimate of drug-likeness (QED) is 0.396. The van der Waals surface area contributed by atoms with Gasteiger partial charge in [-0.25, -0.2) is 12.8 Å². The average Bonchev–Trinajstić information content (AvgIpc) is 2.90. The summed E-state index contributed by atoms with van der Waals surface area (Å²) in [6.45, 7) is 4.53. The summed E-state index contributed by atoms with van der Waals surface area (Å²) in [5.41, 5.74) is 0.756. The van der Waals surface area contributed by atoms with Gasteiger partial charge in [0.2, 0.25) is 11.8 Å². The first-order valence-corrected chi connectivity index (χ1v) is 13.5. The highest BCUT2D eigenvalue weighted by molar-refractivity contribution is 7.92. The molecule has 3 rings (SSSR count). The van der Waals surface area contributed by atoms with E-state index in [4.69, 9.17) is 4.74 Å². The minimum Gasteiger partial charge on any atom is -0.495 e. The van der Waals surface area contributed by atoms with E-state index in [9.17, 15) is 22.4 Å². The Labute approximate surface area is 223 Å². The summed E-state index contributed by atoms with van der Waals surface area (Å²) in [5, 5.41) is 2.79. The summed E-state index contributed by atoms with van der Waals surface area (Å²) in [6.07, 6.45) is 0. The number of sulfonamides is 1. The van der Waals surface area contributed by atoms with Gasteiger partial charge in [-0.05, 0) is 62.7 Å². The van der Waals surface area contributed by atoms with Gasteiger partial charge in [0.1, 0.15) is 24.2 Å². The van der Waals surface area contributed by atoms with E-state index in [1.54, 1.807) is 63.2 Å². The molecular formula is C28H32FN3O5S. The van der Waals surface area contributed by atoms with Gasteiger partial charge in [0.25, 0.3) is 10.0 Å².